The summed E-state index contributed by atoms with van der Waals surface area (Å²) < 4.78 is 18.7. The summed E-state index contributed by atoms with van der Waals surface area (Å²) in [6, 6.07) is 0. The van der Waals surface area contributed by atoms with Gasteiger partial charge in [0.2, 0.25) is 0 Å². The Labute approximate surface area is 152 Å². The zero-order valence-corrected chi connectivity index (χ0v) is 16.3. The van der Waals surface area contributed by atoms with E-state index in [4.69, 9.17) is 4.74 Å². The molecule has 2 bridgehead atoms. The number of ether oxygens (including phenoxy) is 1. The Bertz CT molecular complexity index is 560. The summed E-state index contributed by atoms with van der Waals surface area (Å²) in [5.41, 5.74) is -0.281. The molecule has 0 spiro atoms. The Morgan fingerprint density at radius 1 is 1.32 bits per heavy atom. The second-order valence-electron chi connectivity index (χ2n) is 8.68. The van der Waals surface area contributed by atoms with Crippen molar-refractivity contribution in [1.29, 1.82) is 0 Å². The number of allylic oxidation sites excluding steroid dienone is 1. The fourth-order valence-electron chi connectivity index (χ4n) is 5.62. The van der Waals surface area contributed by atoms with Crippen LogP contribution >= 0.6 is 0 Å². The summed E-state index contributed by atoms with van der Waals surface area (Å²) in [6.07, 6.45) is 4.53. The predicted octanol–water partition coefficient (Wildman–Crippen LogP) is 1.44. The minimum atomic E-state index is -1.21. The zero-order valence-electron chi connectivity index (χ0n) is 15.5. The van der Waals surface area contributed by atoms with Crippen molar-refractivity contribution in [1.82, 2.24) is 0 Å². The smallest absolute Gasteiger partial charge is 0.0817 e. The SMILES string of the molecule is CO[C@H]1C=C(S(=O)C[C@]23CC[C@H](C[C@H]2O)C3(C)C)C[C@@H](CO)[C@H]1CO. The van der Waals surface area contributed by atoms with Crippen molar-refractivity contribution in [3.63, 3.8) is 0 Å². The van der Waals surface area contributed by atoms with Crippen LogP contribution in [0, 0.1) is 28.6 Å². The molecule has 0 radical (unpaired) electrons. The summed E-state index contributed by atoms with van der Waals surface area (Å²) in [7, 11) is 0.368. The second kappa shape index (κ2) is 7.04. The fraction of sp³-hybridized carbons (Fsp3) is 0.895. The van der Waals surface area contributed by atoms with Crippen molar-refractivity contribution in [2.24, 2.45) is 28.6 Å². The molecule has 0 aromatic heterocycles. The lowest BCUT2D eigenvalue weighted by atomic mass is 9.70. The van der Waals surface area contributed by atoms with Gasteiger partial charge in [0.1, 0.15) is 0 Å². The third-order valence-electron chi connectivity index (χ3n) is 7.63. The quantitative estimate of drug-likeness (QED) is 0.657. The first-order chi connectivity index (χ1) is 11.8. The summed E-state index contributed by atoms with van der Waals surface area (Å²) in [4.78, 5) is 0.795. The van der Waals surface area contributed by atoms with Crippen molar-refractivity contribution in [2.45, 2.75) is 51.7 Å². The highest BCUT2D eigenvalue weighted by atomic mass is 32.2. The zero-order chi connectivity index (χ0) is 18.4. The van der Waals surface area contributed by atoms with Gasteiger partial charge in [-0.25, -0.2) is 0 Å². The van der Waals surface area contributed by atoms with E-state index in [1.807, 2.05) is 6.08 Å². The molecule has 2 fully saturated rings. The van der Waals surface area contributed by atoms with Gasteiger partial charge in [-0.1, -0.05) is 13.8 Å². The standard InChI is InChI=1S/C19H32O5S/c1-18(2)13-4-5-19(18,17(22)7-13)11-25(23)14-6-12(9-20)15(10-21)16(8-14)24-3/h8,12-13,15-17,20-22H,4-7,9-11H2,1-3H3/t12-,13+,15+,16-,17+,19+,25?/m0/s1. The first kappa shape index (κ1) is 19.5. The van der Waals surface area contributed by atoms with Crippen LogP contribution in [0.25, 0.3) is 0 Å². The first-order valence-corrected chi connectivity index (χ1v) is 10.6. The Balaban J connectivity index is 1.82. The van der Waals surface area contributed by atoms with Crippen LogP contribution in [0.2, 0.25) is 0 Å². The largest absolute Gasteiger partial charge is 0.396 e. The lowest BCUT2D eigenvalue weighted by molar-refractivity contribution is 0.00543. The first-order valence-electron chi connectivity index (χ1n) is 9.32. The van der Waals surface area contributed by atoms with Crippen LogP contribution < -0.4 is 0 Å². The van der Waals surface area contributed by atoms with E-state index in [-0.39, 0.29) is 48.1 Å². The van der Waals surface area contributed by atoms with Gasteiger partial charge in [-0.05, 0) is 49.0 Å². The normalized spacial score (nSPS) is 43.9. The van der Waals surface area contributed by atoms with Crippen LogP contribution in [0.15, 0.2) is 11.0 Å². The molecule has 7 atom stereocenters. The number of methoxy groups -OCH3 is 1. The Morgan fingerprint density at radius 2 is 2.04 bits per heavy atom. The van der Waals surface area contributed by atoms with E-state index in [2.05, 4.69) is 13.8 Å². The highest BCUT2D eigenvalue weighted by Crippen LogP contribution is 2.66. The Kier molecular flexibility index (Phi) is 5.49. The molecule has 1 unspecified atom stereocenters. The van der Waals surface area contributed by atoms with Crippen molar-refractivity contribution in [3.8, 4) is 0 Å². The number of aliphatic hydroxyl groups is 3. The maximum Gasteiger partial charge on any atom is 0.0817 e. The highest BCUT2D eigenvalue weighted by Gasteiger charge is 2.64. The van der Waals surface area contributed by atoms with Gasteiger partial charge in [-0.2, -0.15) is 0 Å². The molecule has 0 heterocycles. The number of rotatable bonds is 6. The molecule has 0 amide bonds. The van der Waals surface area contributed by atoms with Gasteiger partial charge in [-0.15, -0.1) is 0 Å². The van der Waals surface area contributed by atoms with Crippen LogP contribution in [0.4, 0.5) is 0 Å². The van der Waals surface area contributed by atoms with Crippen LogP contribution in [0.5, 0.6) is 0 Å². The van der Waals surface area contributed by atoms with Gasteiger partial charge in [0.25, 0.3) is 0 Å². The molecule has 3 aliphatic rings. The molecule has 144 valence electrons. The number of hydrogen-bond acceptors (Lipinski definition) is 5. The molecular formula is C19H32O5S. The number of aliphatic hydroxyl groups excluding tert-OH is 3. The van der Waals surface area contributed by atoms with Crippen LogP contribution in [-0.2, 0) is 15.5 Å². The van der Waals surface area contributed by atoms with Gasteiger partial charge in [0.15, 0.2) is 0 Å². The van der Waals surface area contributed by atoms with Gasteiger partial charge in [0, 0.05) is 53.1 Å². The van der Waals surface area contributed by atoms with Crippen molar-refractivity contribution >= 4 is 10.8 Å². The number of hydrogen-bond donors (Lipinski definition) is 3. The summed E-state index contributed by atoms with van der Waals surface area (Å²) in [6.45, 7) is 4.31. The molecule has 3 rings (SSSR count). The lowest BCUT2D eigenvalue weighted by Crippen LogP contribution is -2.44. The number of fused-ring (bicyclic) bond motifs is 2. The maximum absolute atomic E-state index is 13.2. The van der Waals surface area contributed by atoms with E-state index in [1.165, 1.54) is 0 Å². The molecule has 0 aliphatic heterocycles. The molecule has 3 aliphatic carbocycles. The van der Waals surface area contributed by atoms with Crippen molar-refractivity contribution in [2.75, 3.05) is 26.1 Å². The highest BCUT2D eigenvalue weighted by molar-refractivity contribution is 7.89. The van der Waals surface area contributed by atoms with Crippen molar-refractivity contribution in [3.05, 3.63) is 11.0 Å². The van der Waals surface area contributed by atoms with E-state index >= 15 is 0 Å². The molecule has 2 saturated carbocycles. The Morgan fingerprint density at radius 3 is 2.52 bits per heavy atom. The molecule has 25 heavy (non-hydrogen) atoms. The van der Waals surface area contributed by atoms with Gasteiger partial charge >= 0.3 is 0 Å². The average Bonchev–Trinajstić information content (AvgIpc) is 2.94. The summed E-state index contributed by atoms with van der Waals surface area (Å²) in [5.74, 6) is 0.671. The van der Waals surface area contributed by atoms with E-state index < -0.39 is 10.8 Å². The van der Waals surface area contributed by atoms with Crippen LogP contribution in [0.3, 0.4) is 0 Å². The third kappa shape index (κ3) is 2.94. The van der Waals surface area contributed by atoms with E-state index in [9.17, 15) is 19.5 Å². The average molecular weight is 373 g/mol. The van der Waals surface area contributed by atoms with Crippen LogP contribution in [-0.4, -0.2) is 57.8 Å². The van der Waals surface area contributed by atoms with Gasteiger partial charge < -0.3 is 20.1 Å². The molecule has 0 aromatic rings. The molecule has 6 heteroatoms. The second-order valence-corrected chi connectivity index (χ2v) is 10.2. The van der Waals surface area contributed by atoms with E-state index in [0.717, 1.165) is 24.2 Å². The fourth-order valence-corrected chi connectivity index (χ4v) is 7.67. The van der Waals surface area contributed by atoms with E-state index in [0.29, 0.717) is 18.1 Å². The Hall–Kier alpha value is -0.270. The monoisotopic (exact) mass is 372 g/mol. The topological polar surface area (TPSA) is 87.0 Å². The lowest BCUT2D eigenvalue weighted by Gasteiger charge is -2.41. The predicted molar refractivity (Wildman–Crippen MR) is 97.2 cm³/mol. The minimum absolute atomic E-state index is 0.00196. The van der Waals surface area contributed by atoms with Gasteiger partial charge in [-0.3, -0.25) is 4.21 Å². The molecule has 0 saturated heterocycles. The summed E-state index contributed by atoms with van der Waals surface area (Å²) in [5, 5.41) is 30.0. The third-order valence-corrected chi connectivity index (χ3v) is 9.29. The summed E-state index contributed by atoms with van der Waals surface area (Å²) >= 11 is 0. The molecule has 5 nitrogen and oxygen atoms in total. The van der Waals surface area contributed by atoms with Crippen molar-refractivity contribution < 1.29 is 24.3 Å². The van der Waals surface area contributed by atoms with E-state index in [1.54, 1.807) is 7.11 Å². The molecular weight excluding hydrogens is 340 g/mol. The van der Waals surface area contributed by atoms with Gasteiger partial charge in [0.05, 0.1) is 12.2 Å². The maximum atomic E-state index is 13.2. The van der Waals surface area contributed by atoms with Crippen LogP contribution in [0.1, 0.15) is 39.5 Å². The molecule has 3 N–H and O–H groups in total. The molecule has 0 aromatic carbocycles. The minimum Gasteiger partial charge on any atom is -0.396 e.